The largest absolute Gasteiger partial charge is 0.370 e. The molecule has 128 valence electrons. The van der Waals surface area contributed by atoms with Crippen molar-refractivity contribution in [1.82, 2.24) is 10.2 Å². The topological polar surface area (TPSA) is 70.7 Å². The van der Waals surface area contributed by atoms with Crippen LogP contribution in [0.25, 0.3) is 0 Å². The molecule has 0 saturated carbocycles. The minimum absolute atomic E-state index is 0. The molecule has 1 heterocycles. The molecule has 1 saturated heterocycles. The minimum Gasteiger partial charge on any atom is -0.370 e. The van der Waals surface area contributed by atoms with Gasteiger partial charge >= 0.3 is 0 Å². The second kappa shape index (κ2) is 9.69. The van der Waals surface area contributed by atoms with Crippen LogP contribution in [0.3, 0.4) is 0 Å². The number of benzene rings is 1. The fraction of sp³-hybridized carbons (Fsp3) is 0.500. The summed E-state index contributed by atoms with van der Waals surface area (Å²) in [5, 5.41) is 2.65. The average molecular weight is 434 g/mol. The van der Waals surface area contributed by atoms with Crippen molar-refractivity contribution in [2.75, 3.05) is 26.2 Å². The van der Waals surface area contributed by atoms with Crippen LogP contribution in [0.4, 0.5) is 4.39 Å². The van der Waals surface area contributed by atoms with E-state index in [1.165, 1.54) is 18.6 Å². The molecular weight excluding hydrogens is 410 g/mol. The molecule has 1 unspecified atom stereocenters. The Kier molecular flexibility index (Phi) is 8.29. The average Bonchev–Trinajstić information content (AvgIpc) is 2.51. The summed E-state index contributed by atoms with van der Waals surface area (Å²) >= 11 is 0. The number of nitrogens with one attached hydrogen (secondary N) is 1. The first kappa shape index (κ1) is 19.7. The molecule has 0 spiro atoms. The second-order valence-corrected chi connectivity index (χ2v) is 5.67. The molecule has 0 aromatic heterocycles. The summed E-state index contributed by atoms with van der Waals surface area (Å²) < 4.78 is 13.4. The first-order valence-corrected chi connectivity index (χ1v) is 7.65. The monoisotopic (exact) mass is 434 g/mol. The number of aliphatic imine (C=N–C) groups is 1. The normalized spacial score (nSPS) is 18.3. The Balaban J connectivity index is 0.00000264. The van der Waals surface area contributed by atoms with Crippen molar-refractivity contribution < 1.29 is 9.18 Å². The van der Waals surface area contributed by atoms with Gasteiger partial charge in [-0.05, 0) is 30.9 Å². The van der Waals surface area contributed by atoms with Crippen LogP contribution in [-0.4, -0.2) is 42.9 Å². The Hall–Kier alpha value is -1.38. The fourth-order valence-corrected chi connectivity index (χ4v) is 2.58. The van der Waals surface area contributed by atoms with E-state index in [1.54, 1.807) is 12.1 Å². The van der Waals surface area contributed by atoms with E-state index in [1.807, 2.05) is 0 Å². The first-order chi connectivity index (χ1) is 10.6. The molecule has 1 aromatic carbocycles. The smallest absolute Gasteiger partial charge is 0.254 e. The third kappa shape index (κ3) is 5.96. The summed E-state index contributed by atoms with van der Waals surface area (Å²) in [7, 11) is 0. The van der Waals surface area contributed by atoms with Crippen molar-refractivity contribution in [3.63, 3.8) is 0 Å². The van der Waals surface area contributed by atoms with Crippen LogP contribution in [0.1, 0.15) is 30.1 Å². The molecule has 3 N–H and O–H groups in total. The van der Waals surface area contributed by atoms with Crippen LogP contribution < -0.4 is 11.1 Å². The molecule has 1 amide bonds. The number of carbonyl (C=O) groups is 1. The third-order valence-electron chi connectivity index (χ3n) is 3.77. The maximum atomic E-state index is 13.4. The molecule has 0 radical (unpaired) electrons. The molecule has 23 heavy (non-hydrogen) atoms. The number of nitrogens with two attached hydrogens (primary N) is 1. The van der Waals surface area contributed by atoms with Crippen molar-refractivity contribution in [3.8, 4) is 0 Å². The lowest BCUT2D eigenvalue weighted by Crippen LogP contribution is -2.43. The van der Waals surface area contributed by atoms with Crippen LogP contribution in [0, 0.1) is 11.7 Å². The first-order valence-electron chi connectivity index (χ1n) is 7.65. The van der Waals surface area contributed by atoms with E-state index in [0.717, 1.165) is 19.5 Å². The van der Waals surface area contributed by atoms with E-state index in [0.29, 0.717) is 25.0 Å². The lowest BCUT2D eigenvalue weighted by molar-refractivity contribution is 0.0951. The van der Waals surface area contributed by atoms with Crippen LogP contribution in [-0.2, 0) is 0 Å². The van der Waals surface area contributed by atoms with Crippen molar-refractivity contribution >= 4 is 35.8 Å². The van der Waals surface area contributed by atoms with E-state index in [4.69, 9.17) is 5.73 Å². The molecule has 1 aliphatic rings. The van der Waals surface area contributed by atoms with Gasteiger partial charge in [0, 0.05) is 19.6 Å². The van der Waals surface area contributed by atoms with Gasteiger partial charge in [0.2, 0.25) is 0 Å². The van der Waals surface area contributed by atoms with Crippen molar-refractivity contribution in [3.05, 3.63) is 35.6 Å². The van der Waals surface area contributed by atoms with Crippen molar-refractivity contribution in [1.29, 1.82) is 0 Å². The predicted molar refractivity (Wildman–Crippen MR) is 101 cm³/mol. The molecule has 0 bridgehead atoms. The van der Waals surface area contributed by atoms with Gasteiger partial charge in [0.15, 0.2) is 5.96 Å². The molecule has 2 rings (SSSR count). The van der Waals surface area contributed by atoms with E-state index in [2.05, 4.69) is 22.1 Å². The number of rotatable bonds is 4. The second-order valence-electron chi connectivity index (χ2n) is 5.67. The van der Waals surface area contributed by atoms with Crippen LogP contribution in [0.15, 0.2) is 29.3 Å². The number of guanidine groups is 1. The zero-order valence-corrected chi connectivity index (χ0v) is 15.6. The van der Waals surface area contributed by atoms with Crippen LogP contribution in [0.2, 0.25) is 0 Å². The lowest BCUT2D eigenvalue weighted by atomic mass is 10.0. The molecule has 5 nitrogen and oxygen atoms in total. The molecule has 0 aliphatic carbocycles. The Morgan fingerprint density at radius 2 is 2.22 bits per heavy atom. The Morgan fingerprint density at radius 3 is 2.91 bits per heavy atom. The van der Waals surface area contributed by atoms with Crippen molar-refractivity contribution in [2.45, 2.75) is 19.8 Å². The van der Waals surface area contributed by atoms with Gasteiger partial charge in [0.05, 0.1) is 12.1 Å². The zero-order valence-electron chi connectivity index (χ0n) is 13.3. The maximum Gasteiger partial charge on any atom is 0.254 e. The van der Waals surface area contributed by atoms with Gasteiger partial charge in [-0.25, -0.2) is 4.39 Å². The van der Waals surface area contributed by atoms with Gasteiger partial charge in [-0.3, -0.25) is 9.79 Å². The van der Waals surface area contributed by atoms with Gasteiger partial charge in [-0.1, -0.05) is 19.1 Å². The number of likely N-dealkylation sites (tertiary alicyclic amines) is 1. The lowest BCUT2D eigenvalue weighted by Gasteiger charge is -2.31. The third-order valence-corrected chi connectivity index (χ3v) is 3.77. The Labute approximate surface area is 153 Å². The number of halogens is 2. The molecule has 1 aromatic rings. The number of carbonyl (C=O) groups excluding carboxylic acids is 1. The van der Waals surface area contributed by atoms with Gasteiger partial charge in [-0.2, -0.15) is 0 Å². The molecular formula is C16H24FIN4O. The summed E-state index contributed by atoms with van der Waals surface area (Å²) in [5.41, 5.74) is 6.01. The van der Waals surface area contributed by atoms with Gasteiger partial charge in [-0.15, -0.1) is 24.0 Å². The minimum atomic E-state index is -0.523. The summed E-state index contributed by atoms with van der Waals surface area (Å²) in [6.07, 6.45) is 2.35. The molecule has 1 fully saturated rings. The van der Waals surface area contributed by atoms with Crippen LogP contribution in [0.5, 0.6) is 0 Å². The number of amides is 1. The summed E-state index contributed by atoms with van der Waals surface area (Å²) in [4.78, 5) is 18.2. The highest BCUT2D eigenvalue weighted by Gasteiger charge is 2.17. The highest BCUT2D eigenvalue weighted by atomic mass is 127. The number of piperidine rings is 1. The number of hydrogen-bond acceptors (Lipinski definition) is 2. The van der Waals surface area contributed by atoms with Crippen molar-refractivity contribution in [2.24, 2.45) is 16.6 Å². The number of hydrogen-bond donors (Lipinski definition) is 2. The molecule has 7 heteroatoms. The molecule has 1 aliphatic heterocycles. The number of nitrogens with zero attached hydrogens (tertiary/aromatic N) is 2. The molecule has 1 atom stereocenters. The van der Waals surface area contributed by atoms with Crippen LogP contribution >= 0.6 is 24.0 Å². The highest BCUT2D eigenvalue weighted by molar-refractivity contribution is 14.0. The SMILES string of the molecule is CC1CCCN(C(N)=NCCNC(=O)c2ccccc2F)C1.I. The summed E-state index contributed by atoms with van der Waals surface area (Å²) in [5.74, 6) is 0.193. The van der Waals surface area contributed by atoms with E-state index < -0.39 is 11.7 Å². The van der Waals surface area contributed by atoms with E-state index in [9.17, 15) is 9.18 Å². The van der Waals surface area contributed by atoms with Gasteiger partial charge in [0.25, 0.3) is 5.91 Å². The zero-order chi connectivity index (χ0) is 15.9. The quantitative estimate of drug-likeness (QED) is 0.331. The summed E-state index contributed by atoms with van der Waals surface area (Å²) in [6.45, 7) is 4.78. The van der Waals surface area contributed by atoms with E-state index in [-0.39, 0.29) is 29.5 Å². The predicted octanol–water partition coefficient (Wildman–Crippen LogP) is 2.22. The summed E-state index contributed by atoms with van der Waals surface area (Å²) in [6, 6.07) is 5.91. The Bertz CT molecular complexity index is 553. The fourth-order valence-electron chi connectivity index (χ4n) is 2.58. The van der Waals surface area contributed by atoms with Gasteiger partial charge in [0.1, 0.15) is 5.82 Å². The Morgan fingerprint density at radius 1 is 1.48 bits per heavy atom. The van der Waals surface area contributed by atoms with E-state index >= 15 is 0 Å². The standard InChI is InChI=1S/C16H23FN4O.HI/c1-12-5-4-10-21(11-12)16(18)20-9-8-19-15(22)13-6-2-3-7-14(13)17;/h2-3,6-7,12H,4-5,8-11H2,1H3,(H2,18,20)(H,19,22);1H. The maximum absolute atomic E-state index is 13.4. The van der Waals surface area contributed by atoms with Gasteiger partial charge < -0.3 is 16.0 Å². The highest BCUT2D eigenvalue weighted by Crippen LogP contribution is 2.14.